The first-order chi connectivity index (χ1) is 8.54. The number of benzene rings is 1. The van der Waals surface area contributed by atoms with Crippen LogP contribution in [0.25, 0.3) is 0 Å². The number of hydrogen-bond donors (Lipinski definition) is 1. The Bertz CT molecular complexity index is 576. The molecule has 0 spiro atoms. The predicted octanol–water partition coefficient (Wildman–Crippen LogP) is 2.42. The van der Waals surface area contributed by atoms with Crippen molar-refractivity contribution in [3.63, 3.8) is 0 Å². The molecular formula is C13H18ClNO3S. The SMILES string of the molecule is C[C@@H](C(=O)NC(C)(C)C)S(=O)(=O)c1cccc(Cl)c1. The summed E-state index contributed by atoms with van der Waals surface area (Å²) in [6.45, 7) is 6.76. The largest absolute Gasteiger partial charge is 0.350 e. The van der Waals surface area contributed by atoms with Gasteiger partial charge in [0.05, 0.1) is 4.90 Å². The molecule has 0 radical (unpaired) electrons. The van der Waals surface area contributed by atoms with Gasteiger partial charge in [0.25, 0.3) is 0 Å². The second-order valence-electron chi connectivity index (χ2n) is 5.38. The van der Waals surface area contributed by atoms with Crippen LogP contribution in [0.3, 0.4) is 0 Å². The Morgan fingerprint density at radius 2 is 1.89 bits per heavy atom. The molecule has 0 aliphatic heterocycles. The third kappa shape index (κ3) is 4.21. The lowest BCUT2D eigenvalue weighted by Gasteiger charge is -2.23. The summed E-state index contributed by atoms with van der Waals surface area (Å²) in [6, 6.07) is 5.91. The Kier molecular flexibility index (Phi) is 4.63. The van der Waals surface area contributed by atoms with Crippen molar-refractivity contribution < 1.29 is 13.2 Å². The summed E-state index contributed by atoms with van der Waals surface area (Å²) in [4.78, 5) is 12.0. The van der Waals surface area contributed by atoms with Crippen molar-refractivity contribution in [2.45, 2.75) is 43.4 Å². The Hall–Kier alpha value is -1.07. The first-order valence-corrected chi connectivity index (χ1v) is 7.78. The van der Waals surface area contributed by atoms with Crippen molar-refractivity contribution in [1.82, 2.24) is 5.32 Å². The van der Waals surface area contributed by atoms with Crippen molar-refractivity contribution >= 4 is 27.3 Å². The van der Waals surface area contributed by atoms with Gasteiger partial charge in [-0.1, -0.05) is 17.7 Å². The predicted molar refractivity (Wildman–Crippen MR) is 76.0 cm³/mol. The van der Waals surface area contributed by atoms with E-state index in [-0.39, 0.29) is 4.90 Å². The van der Waals surface area contributed by atoms with Crippen LogP contribution < -0.4 is 5.32 Å². The zero-order valence-electron chi connectivity index (χ0n) is 11.4. The van der Waals surface area contributed by atoms with E-state index in [4.69, 9.17) is 11.6 Å². The maximum Gasteiger partial charge on any atom is 0.238 e. The minimum atomic E-state index is -3.73. The third-order valence-corrected chi connectivity index (χ3v) is 4.75. The fourth-order valence-corrected chi connectivity index (χ4v) is 3.02. The molecule has 1 N–H and O–H groups in total. The molecule has 0 aliphatic rings. The van der Waals surface area contributed by atoms with Crippen LogP contribution >= 0.6 is 11.6 Å². The molecule has 4 nitrogen and oxygen atoms in total. The Morgan fingerprint density at radius 1 is 1.32 bits per heavy atom. The Balaban J connectivity index is 3.04. The monoisotopic (exact) mass is 303 g/mol. The molecule has 106 valence electrons. The van der Waals surface area contributed by atoms with E-state index in [0.717, 1.165) is 0 Å². The van der Waals surface area contributed by atoms with Crippen LogP contribution in [0.5, 0.6) is 0 Å². The lowest BCUT2D eigenvalue weighted by Crippen LogP contribution is -2.47. The Labute approximate surface area is 119 Å². The first-order valence-electron chi connectivity index (χ1n) is 5.85. The molecule has 0 saturated heterocycles. The topological polar surface area (TPSA) is 63.2 Å². The molecule has 1 aromatic carbocycles. The molecular weight excluding hydrogens is 286 g/mol. The second kappa shape index (κ2) is 5.51. The molecule has 0 bridgehead atoms. The number of halogens is 1. The van der Waals surface area contributed by atoms with Gasteiger partial charge in [0.2, 0.25) is 5.91 Å². The molecule has 0 aliphatic carbocycles. The highest BCUT2D eigenvalue weighted by molar-refractivity contribution is 7.92. The van der Waals surface area contributed by atoms with E-state index in [1.165, 1.54) is 19.1 Å². The van der Waals surface area contributed by atoms with Gasteiger partial charge in [0.1, 0.15) is 5.25 Å². The van der Waals surface area contributed by atoms with Crippen LogP contribution in [0, 0.1) is 0 Å². The van der Waals surface area contributed by atoms with Gasteiger partial charge in [-0.3, -0.25) is 4.79 Å². The van der Waals surface area contributed by atoms with E-state index in [1.54, 1.807) is 32.9 Å². The van der Waals surface area contributed by atoms with Gasteiger partial charge in [-0.2, -0.15) is 0 Å². The first kappa shape index (κ1) is 16.0. The van der Waals surface area contributed by atoms with E-state index in [9.17, 15) is 13.2 Å². The standard InChI is InChI=1S/C13H18ClNO3S/c1-9(12(16)15-13(2,3)4)19(17,18)11-7-5-6-10(14)8-11/h5-9H,1-4H3,(H,15,16)/t9-/m0/s1. The van der Waals surface area contributed by atoms with Crippen LogP contribution in [0.1, 0.15) is 27.7 Å². The molecule has 1 amide bonds. The lowest BCUT2D eigenvalue weighted by molar-refractivity contribution is -0.121. The quantitative estimate of drug-likeness (QED) is 0.932. The van der Waals surface area contributed by atoms with E-state index in [1.807, 2.05) is 0 Å². The van der Waals surface area contributed by atoms with Gasteiger partial charge < -0.3 is 5.32 Å². The number of carbonyl (C=O) groups excluding carboxylic acids is 1. The summed E-state index contributed by atoms with van der Waals surface area (Å²) in [6.07, 6.45) is 0. The van der Waals surface area contributed by atoms with Crippen molar-refractivity contribution in [3.8, 4) is 0 Å². The summed E-state index contributed by atoms with van der Waals surface area (Å²) < 4.78 is 24.6. The van der Waals surface area contributed by atoms with Crippen molar-refractivity contribution in [1.29, 1.82) is 0 Å². The zero-order chi connectivity index (χ0) is 14.8. The summed E-state index contributed by atoms with van der Waals surface area (Å²) in [7, 11) is -3.73. The fourth-order valence-electron chi connectivity index (χ4n) is 1.46. The summed E-state index contributed by atoms with van der Waals surface area (Å²) in [5, 5.41) is 1.82. The molecule has 19 heavy (non-hydrogen) atoms. The van der Waals surface area contributed by atoms with Crippen LogP contribution in [-0.4, -0.2) is 25.1 Å². The molecule has 0 saturated carbocycles. The smallest absolute Gasteiger partial charge is 0.238 e. The van der Waals surface area contributed by atoms with E-state index < -0.39 is 26.5 Å². The number of nitrogens with one attached hydrogen (secondary N) is 1. The molecule has 1 atom stereocenters. The molecule has 0 heterocycles. The van der Waals surface area contributed by atoms with Crippen LogP contribution in [0.4, 0.5) is 0 Å². The van der Waals surface area contributed by atoms with Crippen LogP contribution in [0.15, 0.2) is 29.2 Å². The summed E-state index contributed by atoms with van der Waals surface area (Å²) in [5.74, 6) is -0.521. The molecule has 6 heteroatoms. The van der Waals surface area contributed by atoms with Gasteiger partial charge >= 0.3 is 0 Å². The van der Waals surface area contributed by atoms with Gasteiger partial charge in [-0.15, -0.1) is 0 Å². The minimum absolute atomic E-state index is 0.0524. The van der Waals surface area contributed by atoms with Gasteiger partial charge in [-0.25, -0.2) is 8.42 Å². The van der Waals surface area contributed by atoms with Crippen molar-refractivity contribution in [2.24, 2.45) is 0 Å². The molecule has 0 aromatic heterocycles. The Morgan fingerprint density at radius 3 is 2.37 bits per heavy atom. The average molecular weight is 304 g/mol. The van der Waals surface area contributed by atoms with Gasteiger partial charge in [0.15, 0.2) is 9.84 Å². The van der Waals surface area contributed by atoms with E-state index >= 15 is 0 Å². The number of hydrogen-bond acceptors (Lipinski definition) is 3. The number of sulfone groups is 1. The minimum Gasteiger partial charge on any atom is -0.350 e. The molecule has 1 rings (SSSR count). The molecule has 1 aromatic rings. The summed E-state index contributed by atoms with van der Waals surface area (Å²) in [5.41, 5.74) is -0.477. The van der Waals surface area contributed by atoms with Crippen LogP contribution in [0.2, 0.25) is 5.02 Å². The fraction of sp³-hybridized carbons (Fsp3) is 0.462. The highest BCUT2D eigenvalue weighted by Gasteiger charge is 2.31. The molecule has 0 fully saturated rings. The van der Waals surface area contributed by atoms with Crippen molar-refractivity contribution in [2.75, 3.05) is 0 Å². The van der Waals surface area contributed by atoms with Gasteiger partial charge in [-0.05, 0) is 45.9 Å². The highest BCUT2D eigenvalue weighted by atomic mass is 35.5. The van der Waals surface area contributed by atoms with E-state index in [2.05, 4.69) is 5.32 Å². The highest BCUT2D eigenvalue weighted by Crippen LogP contribution is 2.20. The van der Waals surface area contributed by atoms with Crippen LogP contribution in [-0.2, 0) is 14.6 Å². The summed E-state index contributed by atoms with van der Waals surface area (Å²) >= 11 is 5.78. The second-order valence-corrected chi connectivity index (χ2v) is 8.09. The van der Waals surface area contributed by atoms with E-state index in [0.29, 0.717) is 5.02 Å². The number of carbonyl (C=O) groups is 1. The van der Waals surface area contributed by atoms with Gasteiger partial charge in [0, 0.05) is 10.6 Å². The number of amides is 1. The maximum absolute atomic E-state index is 12.3. The lowest BCUT2D eigenvalue weighted by atomic mass is 10.1. The molecule has 0 unspecified atom stereocenters. The maximum atomic E-state index is 12.3. The van der Waals surface area contributed by atoms with Crippen molar-refractivity contribution in [3.05, 3.63) is 29.3 Å². The number of rotatable bonds is 3. The normalized spacial score (nSPS) is 13.9. The average Bonchev–Trinajstić information content (AvgIpc) is 2.25. The zero-order valence-corrected chi connectivity index (χ0v) is 13.0. The third-order valence-electron chi connectivity index (χ3n) is 2.46.